The maximum atomic E-state index is 12.4. The van der Waals surface area contributed by atoms with E-state index >= 15 is 0 Å². The molecule has 0 bridgehead atoms. The highest BCUT2D eigenvalue weighted by Gasteiger charge is 2.27. The predicted molar refractivity (Wildman–Crippen MR) is 106 cm³/mol. The average molecular weight is 360 g/mol. The number of amides is 1. The average Bonchev–Trinajstić information content (AvgIpc) is 2.62. The Kier molecular flexibility index (Phi) is 5.88. The lowest BCUT2D eigenvalue weighted by molar-refractivity contribution is -0.128. The number of hydrogen-bond acceptors (Lipinski definition) is 4. The largest absolute Gasteiger partial charge is 0.379 e. The van der Waals surface area contributed by atoms with Gasteiger partial charge in [0, 0.05) is 44.3 Å². The maximum Gasteiger partial charge on any atom is 0.225 e. The van der Waals surface area contributed by atoms with Gasteiger partial charge < -0.3 is 15.0 Å². The van der Waals surface area contributed by atoms with E-state index in [0.717, 1.165) is 39.3 Å². The second-order valence-corrected chi connectivity index (χ2v) is 8.54. The lowest BCUT2D eigenvalue weighted by Gasteiger charge is -2.36. The van der Waals surface area contributed by atoms with Crippen molar-refractivity contribution in [1.29, 1.82) is 0 Å². The van der Waals surface area contributed by atoms with Crippen molar-refractivity contribution >= 4 is 11.6 Å². The fraction of sp³-hybridized carbons (Fsp3) is 0.667. The highest BCUT2D eigenvalue weighted by molar-refractivity contribution is 5.81. The molecule has 2 aliphatic heterocycles. The third-order valence-electron chi connectivity index (χ3n) is 5.46. The number of rotatable bonds is 4. The van der Waals surface area contributed by atoms with Crippen LogP contribution in [0.5, 0.6) is 0 Å². The zero-order chi connectivity index (χ0) is 18.7. The number of benzene rings is 1. The minimum Gasteiger partial charge on any atom is -0.379 e. The molecule has 1 fully saturated rings. The van der Waals surface area contributed by atoms with Crippen LogP contribution in [0.3, 0.4) is 0 Å². The zero-order valence-electron chi connectivity index (χ0n) is 16.7. The number of morpholine rings is 1. The SMILES string of the molecule is CN1CCCc2cc(C(CNC(=O)C(C)(C)C)N3CCOCC3)ccc21. The topological polar surface area (TPSA) is 44.8 Å². The van der Waals surface area contributed by atoms with E-state index in [-0.39, 0.29) is 17.4 Å². The Labute approximate surface area is 157 Å². The van der Waals surface area contributed by atoms with Gasteiger partial charge in [-0.3, -0.25) is 9.69 Å². The number of hydrogen-bond donors (Lipinski definition) is 1. The van der Waals surface area contributed by atoms with Gasteiger partial charge in [0.05, 0.1) is 19.3 Å². The lowest BCUT2D eigenvalue weighted by Crippen LogP contribution is -2.45. The van der Waals surface area contributed by atoms with Crippen LogP contribution in [0.1, 0.15) is 44.4 Å². The van der Waals surface area contributed by atoms with Crippen LogP contribution in [-0.2, 0) is 16.0 Å². The van der Waals surface area contributed by atoms with Gasteiger partial charge in [-0.05, 0) is 30.0 Å². The lowest BCUT2D eigenvalue weighted by atomic mass is 9.94. The van der Waals surface area contributed by atoms with Crippen LogP contribution < -0.4 is 10.2 Å². The molecule has 0 radical (unpaired) electrons. The van der Waals surface area contributed by atoms with E-state index in [4.69, 9.17) is 4.74 Å². The molecule has 1 atom stereocenters. The van der Waals surface area contributed by atoms with E-state index in [1.54, 1.807) is 0 Å². The van der Waals surface area contributed by atoms with E-state index < -0.39 is 0 Å². The van der Waals surface area contributed by atoms with E-state index in [2.05, 4.69) is 40.4 Å². The molecule has 144 valence electrons. The number of aryl methyl sites for hydroxylation is 1. The number of anilines is 1. The Morgan fingerprint density at radius 2 is 1.96 bits per heavy atom. The van der Waals surface area contributed by atoms with Crippen LogP contribution in [0.25, 0.3) is 0 Å². The third-order valence-corrected chi connectivity index (χ3v) is 5.46. The quantitative estimate of drug-likeness (QED) is 0.898. The number of nitrogens with one attached hydrogen (secondary N) is 1. The van der Waals surface area contributed by atoms with Gasteiger partial charge in [0.1, 0.15) is 0 Å². The van der Waals surface area contributed by atoms with Crippen molar-refractivity contribution in [3.8, 4) is 0 Å². The first kappa shape index (κ1) is 19.2. The molecule has 3 rings (SSSR count). The smallest absolute Gasteiger partial charge is 0.225 e. The Balaban J connectivity index is 1.82. The molecule has 0 aromatic heterocycles. The summed E-state index contributed by atoms with van der Waals surface area (Å²) in [7, 11) is 2.17. The van der Waals surface area contributed by atoms with Crippen molar-refractivity contribution in [3.05, 3.63) is 29.3 Å². The van der Waals surface area contributed by atoms with Gasteiger partial charge in [0.15, 0.2) is 0 Å². The first-order valence-electron chi connectivity index (χ1n) is 9.80. The number of carbonyl (C=O) groups is 1. The minimum absolute atomic E-state index is 0.105. The van der Waals surface area contributed by atoms with Crippen molar-refractivity contribution in [1.82, 2.24) is 10.2 Å². The Morgan fingerprint density at radius 1 is 1.23 bits per heavy atom. The first-order chi connectivity index (χ1) is 12.4. The summed E-state index contributed by atoms with van der Waals surface area (Å²) in [5, 5.41) is 3.18. The van der Waals surface area contributed by atoms with Crippen molar-refractivity contribution in [3.63, 3.8) is 0 Å². The summed E-state index contributed by atoms with van der Waals surface area (Å²) in [6.07, 6.45) is 2.34. The zero-order valence-corrected chi connectivity index (χ0v) is 16.7. The molecule has 1 aromatic rings. The predicted octanol–water partition coefficient (Wildman–Crippen LogP) is 2.60. The first-order valence-corrected chi connectivity index (χ1v) is 9.80. The van der Waals surface area contributed by atoms with Gasteiger partial charge in [-0.15, -0.1) is 0 Å². The third kappa shape index (κ3) is 4.38. The monoisotopic (exact) mass is 359 g/mol. The molecule has 5 heteroatoms. The summed E-state index contributed by atoms with van der Waals surface area (Å²) in [5.41, 5.74) is 3.71. The van der Waals surface area contributed by atoms with Gasteiger partial charge in [-0.2, -0.15) is 0 Å². The molecule has 2 aliphatic rings. The van der Waals surface area contributed by atoms with Gasteiger partial charge in [0.25, 0.3) is 0 Å². The van der Waals surface area contributed by atoms with Gasteiger partial charge >= 0.3 is 0 Å². The Morgan fingerprint density at radius 3 is 2.65 bits per heavy atom. The Bertz CT molecular complexity index is 633. The normalized spacial score (nSPS) is 19.8. The van der Waals surface area contributed by atoms with Crippen LogP contribution in [0, 0.1) is 5.41 Å². The summed E-state index contributed by atoms with van der Waals surface area (Å²) in [6.45, 7) is 11.0. The molecule has 5 nitrogen and oxygen atoms in total. The van der Waals surface area contributed by atoms with Crippen LogP contribution in [0.15, 0.2) is 18.2 Å². The van der Waals surface area contributed by atoms with E-state index in [1.807, 2.05) is 20.8 Å². The highest BCUT2D eigenvalue weighted by atomic mass is 16.5. The van der Waals surface area contributed by atoms with Crippen molar-refractivity contribution in [2.24, 2.45) is 5.41 Å². The van der Waals surface area contributed by atoms with Crippen LogP contribution in [0.2, 0.25) is 0 Å². The summed E-state index contributed by atoms with van der Waals surface area (Å²) < 4.78 is 5.53. The minimum atomic E-state index is -0.367. The van der Waals surface area contributed by atoms with Crippen LogP contribution in [-0.4, -0.2) is 57.2 Å². The molecule has 0 aliphatic carbocycles. The molecular formula is C21H33N3O2. The fourth-order valence-electron chi connectivity index (χ4n) is 3.81. The van der Waals surface area contributed by atoms with Crippen molar-refractivity contribution in [2.75, 3.05) is 51.3 Å². The molecular weight excluding hydrogens is 326 g/mol. The molecule has 1 aromatic carbocycles. The van der Waals surface area contributed by atoms with Gasteiger partial charge in [0.2, 0.25) is 5.91 Å². The summed E-state index contributed by atoms with van der Waals surface area (Å²) >= 11 is 0. The molecule has 1 unspecified atom stereocenters. The summed E-state index contributed by atoms with van der Waals surface area (Å²) in [4.78, 5) is 17.2. The van der Waals surface area contributed by atoms with Crippen molar-refractivity contribution in [2.45, 2.75) is 39.7 Å². The second-order valence-electron chi connectivity index (χ2n) is 8.54. The van der Waals surface area contributed by atoms with Crippen molar-refractivity contribution < 1.29 is 9.53 Å². The number of nitrogens with zero attached hydrogens (tertiary/aromatic N) is 2. The van der Waals surface area contributed by atoms with Gasteiger partial charge in [-0.25, -0.2) is 0 Å². The number of ether oxygens (including phenoxy) is 1. The second kappa shape index (κ2) is 7.97. The summed E-state index contributed by atoms with van der Waals surface area (Å²) in [5.74, 6) is 0.105. The maximum absolute atomic E-state index is 12.4. The number of carbonyl (C=O) groups excluding carboxylic acids is 1. The van der Waals surface area contributed by atoms with E-state index in [9.17, 15) is 4.79 Å². The van der Waals surface area contributed by atoms with Gasteiger partial charge in [-0.1, -0.05) is 32.9 Å². The molecule has 1 amide bonds. The standard InChI is InChI=1S/C21H33N3O2/c1-21(2,3)20(25)22-15-19(24-10-12-26-13-11-24)17-7-8-18-16(14-17)6-5-9-23(18)4/h7-8,14,19H,5-6,9-13,15H2,1-4H3,(H,22,25). The molecule has 0 spiro atoms. The van der Waals surface area contributed by atoms with Crippen LogP contribution in [0.4, 0.5) is 5.69 Å². The Hall–Kier alpha value is -1.59. The summed E-state index contributed by atoms with van der Waals surface area (Å²) in [6, 6.07) is 7.05. The molecule has 2 heterocycles. The van der Waals surface area contributed by atoms with E-state index in [1.165, 1.54) is 23.2 Å². The molecule has 26 heavy (non-hydrogen) atoms. The van der Waals surface area contributed by atoms with E-state index in [0.29, 0.717) is 6.54 Å². The number of fused-ring (bicyclic) bond motifs is 1. The molecule has 0 saturated carbocycles. The van der Waals surface area contributed by atoms with Crippen LogP contribution >= 0.6 is 0 Å². The molecule has 1 N–H and O–H groups in total. The molecule has 1 saturated heterocycles. The highest BCUT2D eigenvalue weighted by Crippen LogP contribution is 2.31. The fourth-order valence-corrected chi connectivity index (χ4v) is 3.81.